The summed E-state index contributed by atoms with van der Waals surface area (Å²) in [6.07, 6.45) is 0.701. The summed E-state index contributed by atoms with van der Waals surface area (Å²) >= 11 is 19.0. The minimum absolute atomic E-state index is 0.0186. The van der Waals surface area contributed by atoms with Crippen LogP contribution < -0.4 is 9.62 Å². The molecule has 3 aromatic rings. The van der Waals surface area contributed by atoms with Crippen molar-refractivity contribution < 1.29 is 18.0 Å². The monoisotopic (exact) mass is 623 g/mol. The third-order valence-corrected chi connectivity index (χ3v) is 9.23. The van der Waals surface area contributed by atoms with E-state index in [0.717, 1.165) is 9.87 Å². The van der Waals surface area contributed by atoms with Gasteiger partial charge in [-0.25, -0.2) is 8.42 Å². The molecule has 0 aliphatic carbocycles. The highest BCUT2D eigenvalue weighted by molar-refractivity contribution is 7.92. The van der Waals surface area contributed by atoms with Crippen LogP contribution in [0, 0.1) is 6.92 Å². The number of halogens is 3. The van der Waals surface area contributed by atoms with E-state index >= 15 is 0 Å². The molecule has 7 nitrogen and oxygen atoms in total. The molecule has 2 atom stereocenters. The summed E-state index contributed by atoms with van der Waals surface area (Å²) in [6, 6.07) is 16.5. The Balaban J connectivity index is 2.08. The Morgan fingerprint density at radius 3 is 2.20 bits per heavy atom. The summed E-state index contributed by atoms with van der Waals surface area (Å²) < 4.78 is 28.8. The predicted molar refractivity (Wildman–Crippen MR) is 162 cm³/mol. The van der Waals surface area contributed by atoms with Crippen LogP contribution in [0.3, 0.4) is 0 Å². The molecule has 0 spiro atoms. The SMILES string of the molecule is CC[C@H](C)NC(=O)[C@@H](C)N(Cc1ccccc1Cl)C(=O)CN(c1cc(Cl)ccc1Cl)S(=O)(=O)c1ccc(C)cc1. The van der Waals surface area contributed by atoms with E-state index in [4.69, 9.17) is 34.8 Å². The molecule has 0 heterocycles. The van der Waals surface area contributed by atoms with E-state index in [1.807, 2.05) is 20.8 Å². The van der Waals surface area contributed by atoms with Gasteiger partial charge in [0.15, 0.2) is 0 Å². The molecular weight excluding hydrogens is 593 g/mol. The maximum atomic E-state index is 14.0. The molecule has 2 amide bonds. The van der Waals surface area contributed by atoms with Gasteiger partial charge in [0.1, 0.15) is 12.6 Å². The van der Waals surface area contributed by atoms with Gasteiger partial charge in [-0.1, -0.05) is 77.6 Å². The number of rotatable bonds is 11. The van der Waals surface area contributed by atoms with E-state index in [9.17, 15) is 18.0 Å². The molecule has 0 saturated carbocycles. The molecule has 40 heavy (non-hydrogen) atoms. The molecule has 0 fully saturated rings. The zero-order chi connectivity index (χ0) is 29.6. The maximum Gasteiger partial charge on any atom is 0.264 e. The lowest BCUT2D eigenvalue weighted by atomic mass is 10.1. The molecule has 0 aliphatic rings. The summed E-state index contributed by atoms with van der Waals surface area (Å²) in [5.41, 5.74) is 1.52. The molecule has 0 bridgehead atoms. The first-order valence-corrected chi connectivity index (χ1v) is 15.3. The third-order valence-electron chi connectivity index (χ3n) is 6.53. The van der Waals surface area contributed by atoms with Gasteiger partial charge in [0.2, 0.25) is 11.8 Å². The molecule has 0 unspecified atom stereocenters. The maximum absolute atomic E-state index is 14.0. The highest BCUT2D eigenvalue weighted by Crippen LogP contribution is 2.33. The van der Waals surface area contributed by atoms with Gasteiger partial charge in [-0.05, 0) is 69.2 Å². The lowest BCUT2D eigenvalue weighted by molar-refractivity contribution is -0.139. The van der Waals surface area contributed by atoms with Gasteiger partial charge in [-0.3, -0.25) is 13.9 Å². The summed E-state index contributed by atoms with van der Waals surface area (Å²) in [6.45, 7) is 6.57. The predicted octanol–water partition coefficient (Wildman–Crippen LogP) is 6.48. The van der Waals surface area contributed by atoms with E-state index in [1.54, 1.807) is 43.3 Å². The first-order valence-electron chi connectivity index (χ1n) is 12.7. The van der Waals surface area contributed by atoms with Gasteiger partial charge in [0.25, 0.3) is 10.0 Å². The fourth-order valence-electron chi connectivity index (χ4n) is 3.89. The van der Waals surface area contributed by atoms with Crippen molar-refractivity contribution in [2.24, 2.45) is 0 Å². The van der Waals surface area contributed by atoms with Crippen LogP contribution in [-0.2, 0) is 26.2 Å². The Kier molecular flexibility index (Phi) is 10.9. The Morgan fingerprint density at radius 1 is 0.925 bits per heavy atom. The molecule has 3 rings (SSSR count). The number of sulfonamides is 1. The number of benzene rings is 3. The number of nitrogens with one attached hydrogen (secondary N) is 1. The Labute approximate surface area is 251 Å². The number of nitrogens with zero attached hydrogens (tertiary/aromatic N) is 2. The van der Waals surface area contributed by atoms with Crippen LogP contribution >= 0.6 is 34.8 Å². The largest absolute Gasteiger partial charge is 0.352 e. The van der Waals surface area contributed by atoms with E-state index in [2.05, 4.69) is 5.32 Å². The van der Waals surface area contributed by atoms with Crippen LogP contribution in [0.15, 0.2) is 71.6 Å². The average Bonchev–Trinajstić information content (AvgIpc) is 2.92. The first kappa shape index (κ1) is 31.7. The van der Waals surface area contributed by atoms with Crippen LogP contribution in [0.4, 0.5) is 5.69 Å². The van der Waals surface area contributed by atoms with Crippen molar-refractivity contribution in [1.82, 2.24) is 10.2 Å². The second kappa shape index (κ2) is 13.7. The molecule has 0 radical (unpaired) electrons. The number of carbonyl (C=O) groups is 2. The number of anilines is 1. The number of carbonyl (C=O) groups excluding carboxylic acids is 2. The van der Waals surface area contributed by atoms with Gasteiger partial charge in [-0.2, -0.15) is 0 Å². The van der Waals surface area contributed by atoms with Gasteiger partial charge in [-0.15, -0.1) is 0 Å². The Hall–Kier alpha value is -2.78. The van der Waals surface area contributed by atoms with E-state index in [1.165, 1.54) is 35.2 Å². The summed E-state index contributed by atoms with van der Waals surface area (Å²) in [4.78, 5) is 28.4. The zero-order valence-corrected chi connectivity index (χ0v) is 25.8. The van der Waals surface area contributed by atoms with Crippen molar-refractivity contribution in [3.05, 3.63) is 92.9 Å². The van der Waals surface area contributed by atoms with Crippen LogP contribution in [0.2, 0.25) is 15.1 Å². The van der Waals surface area contributed by atoms with Gasteiger partial charge < -0.3 is 10.2 Å². The molecular formula is C29H32Cl3N3O4S. The van der Waals surface area contributed by atoms with Crippen molar-refractivity contribution in [3.63, 3.8) is 0 Å². The first-order chi connectivity index (χ1) is 18.8. The van der Waals surface area contributed by atoms with Gasteiger partial charge in [0, 0.05) is 22.6 Å². The van der Waals surface area contributed by atoms with Crippen molar-refractivity contribution in [3.8, 4) is 0 Å². The highest BCUT2D eigenvalue weighted by atomic mass is 35.5. The Bertz CT molecular complexity index is 1470. The fraction of sp³-hybridized carbons (Fsp3) is 0.310. The molecule has 3 aromatic carbocycles. The molecule has 214 valence electrons. The van der Waals surface area contributed by atoms with Crippen LogP contribution in [0.5, 0.6) is 0 Å². The number of amides is 2. The quantitative estimate of drug-likeness (QED) is 0.265. The lowest BCUT2D eigenvalue weighted by Crippen LogP contribution is -2.52. The topological polar surface area (TPSA) is 86.8 Å². The Morgan fingerprint density at radius 2 is 1.57 bits per heavy atom. The molecule has 11 heteroatoms. The lowest BCUT2D eigenvalue weighted by Gasteiger charge is -2.33. The summed E-state index contributed by atoms with van der Waals surface area (Å²) in [5, 5.41) is 3.64. The molecule has 1 N–H and O–H groups in total. The number of aryl methyl sites for hydroxylation is 1. The van der Waals surface area contributed by atoms with Crippen LogP contribution in [0.1, 0.15) is 38.3 Å². The molecule has 0 saturated heterocycles. The minimum atomic E-state index is -4.27. The van der Waals surface area contributed by atoms with Crippen molar-refractivity contribution in [1.29, 1.82) is 0 Å². The smallest absolute Gasteiger partial charge is 0.264 e. The minimum Gasteiger partial charge on any atom is -0.352 e. The standard InChI is InChI=1S/C29H32Cl3N3O4S/c1-5-20(3)33-29(37)21(4)34(17-22-8-6-7-9-25(22)31)28(36)18-35(27-16-23(30)12-15-26(27)32)40(38,39)24-13-10-19(2)11-14-24/h6-16,20-21H,5,17-18H2,1-4H3,(H,33,37)/t20-,21+/m0/s1. The average molecular weight is 625 g/mol. The molecule has 0 aliphatic heterocycles. The second-order valence-corrected chi connectivity index (χ2v) is 12.6. The normalized spacial score (nSPS) is 12.9. The van der Waals surface area contributed by atoms with Gasteiger partial charge >= 0.3 is 0 Å². The van der Waals surface area contributed by atoms with E-state index < -0.39 is 28.5 Å². The van der Waals surface area contributed by atoms with Crippen LogP contribution in [0.25, 0.3) is 0 Å². The third kappa shape index (κ3) is 7.69. The number of hydrogen-bond donors (Lipinski definition) is 1. The highest BCUT2D eigenvalue weighted by Gasteiger charge is 2.34. The van der Waals surface area contributed by atoms with Crippen molar-refractivity contribution >= 4 is 62.3 Å². The fourth-order valence-corrected chi connectivity index (χ4v) is 5.94. The number of hydrogen-bond acceptors (Lipinski definition) is 4. The van der Waals surface area contributed by atoms with E-state index in [-0.39, 0.29) is 39.1 Å². The van der Waals surface area contributed by atoms with Crippen molar-refractivity contribution in [2.45, 2.75) is 57.6 Å². The summed E-state index contributed by atoms with van der Waals surface area (Å²) in [5.74, 6) is -0.998. The van der Waals surface area contributed by atoms with E-state index in [0.29, 0.717) is 17.0 Å². The summed E-state index contributed by atoms with van der Waals surface area (Å²) in [7, 11) is -4.27. The zero-order valence-electron chi connectivity index (χ0n) is 22.7. The van der Waals surface area contributed by atoms with Crippen molar-refractivity contribution in [2.75, 3.05) is 10.8 Å². The van der Waals surface area contributed by atoms with Gasteiger partial charge in [0.05, 0.1) is 15.6 Å². The van der Waals surface area contributed by atoms with Crippen LogP contribution in [-0.4, -0.2) is 43.8 Å². The molecule has 0 aromatic heterocycles. The second-order valence-electron chi connectivity index (χ2n) is 9.53.